The van der Waals surface area contributed by atoms with Crippen molar-refractivity contribution in [3.63, 3.8) is 0 Å². The van der Waals surface area contributed by atoms with Crippen LogP contribution in [0.25, 0.3) is 0 Å². The van der Waals surface area contributed by atoms with Crippen molar-refractivity contribution in [2.45, 2.75) is 6.42 Å². The van der Waals surface area contributed by atoms with Gasteiger partial charge in [-0.15, -0.1) is 12.4 Å². The zero-order valence-electron chi connectivity index (χ0n) is 8.20. The summed E-state index contributed by atoms with van der Waals surface area (Å²) >= 11 is 0. The topological polar surface area (TPSA) is 59.1 Å². The third kappa shape index (κ3) is 5.34. The van der Waals surface area contributed by atoms with Crippen molar-refractivity contribution in [3.8, 4) is 0 Å². The van der Waals surface area contributed by atoms with Gasteiger partial charge in [0.2, 0.25) is 0 Å². The molecule has 0 amide bonds. The average Bonchev–Trinajstić information content (AvgIpc) is 2.15. The van der Waals surface area contributed by atoms with Gasteiger partial charge < -0.3 is 10.5 Å². The first-order valence-electron chi connectivity index (χ1n) is 4.34. The highest BCUT2D eigenvalue weighted by molar-refractivity contribution is 5.85. The van der Waals surface area contributed by atoms with Crippen LogP contribution < -0.4 is 5.73 Å². The number of hydrogen-bond donors (Lipinski definition) is 2. The Hall–Kier alpha value is -1.13. The summed E-state index contributed by atoms with van der Waals surface area (Å²) in [5.41, 5.74) is 5.71. The Bertz CT molecular complexity index is 320. The van der Waals surface area contributed by atoms with Crippen LogP contribution in [0.4, 0.5) is 4.39 Å². The van der Waals surface area contributed by atoms with E-state index in [2.05, 4.69) is 0 Å². The number of hydrogen-bond acceptors (Lipinski definition) is 2. The molecule has 0 aliphatic heterocycles. The summed E-state index contributed by atoms with van der Waals surface area (Å²) in [6, 6.07) is 6.56. The molecule has 1 aromatic carbocycles. The van der Waals surface area contributed by atoms with Gasteiger partial charge in [-0.2, -0.15) is 0 Å². The Morgan fingerprint density at radius 1 is 1.40 bits per heavy atom. The minimum atomic E-state index is -0.223. The molecule has 3 nitrogen and oxygen atoms in total. The molecule has 0 aliphatic rings. The van der Waals surface area contributed by atoms with Crippen molar-refractivity contribution in [1.29, 1.82) is 5.41 Å². The molecule has 5 heteroatoms. The average molecular weight is 233 g/mol. The van der Waals surface area contributed by atoms with Gasteiger partial charge in [-0.1, -0.05) is 18.2 Å². The second-order valence-electron chi connectivity index (χ2n) is 2.92. The number of nitrogens with two attached hydrogens (primary N) is 1. The van der Waals surface area contributed by atoms with E-state index >= 15 is 0 Å². The molecule has 0 fully saturated rings. The SMILES string of the molecule is Cl.N=C(N)COCCc1ccccc1F. The first kappa shape index (κ1) is 13.9. The summed E-state index contributed by atoms with van der Waals surface area (Å²) < 4.78 is 18.1. The third-order valence-electron chi connectivity index (χ3n) is 1.73. The van der Waals surface area contributed by atoms with E-state index in [0.29, 0.717) is 18.6 Å². The van der Waals surface area contributed by atoms with E-state index in [1.807, 2.05) is 0 Å². The zero-order valence-corrected chi connectivity index (χ0v) is 9.02. The second kappa shape index (κ2) is 7.20. The lowest BCUT2D eigenvalue weighted by molar-refractivity contribution is 0.173. The maximum absolute atomic E-state index is 13.1. The molecular formula is C10H14ClFN2O. The third-order valence-corrected chi connectivity index (χ3v) is 1.73. The largest absolute Gasteiger partial charge is 0.386 e. The summed E-state index contributed by atoms with van der Waals surface area (Å²) in [5, 5.41) is 6.90. The maximum Gasteiger partial charge on any atom is 0.126 e. The molecule has 0 unspecified atom stereocenters. The smallest absolute Gasteiger partial charge is 0.126 e. The second-order valence-corrected chi connectivity index (χ2v) is 2.92. The van der Waals surface area contributed by atoms with Gasteiger partial charge in [0.15, 0.2) is 0 Å². The molecule has 0 radical (unpaired) electrons. The monoisotopic (exact) mass is 232 g/mol. The van der Waals surface area contributed by atoms with Crippen molar-refractivity contribution in [2.75, 3.05) is 13.2 Å². The summed E-state index contributed by atoms with van der Waals surface area (Å²) in [7, 11) is 0. The highest BCUT2D eigenvalue weighted by Gasteiger charge is 1.99. The van der Waals surface area contributed by atoms with Crippen LogP contribution in [0.1, 0.15) is 5.56 Å². The molecule has 0 atom stereocenters. The molecule has 0 heterocycles. The Morgan fingerprint density at radius 2 is 2.07 bits per heavy atom. The first-order valence-corrected chi connectivity index (χ1v) is 4.34. The number of benzene rings is 1. The number of rotatable bonds is 5. The van der Waals surface area contributed by atoms with Crippen LogP contribution in [0.3, 0.4) is 0 Å². The Morgan fingerprint density at radius 3 is 2.67 bits per heavy atom. The molecule has 0 saturated carbocycles. The van der Waals surface area contributed by atoms with Crippen molar-refractivity contribution < 1.29 is 9.13 Å². The number of amidine groups is 1. The summed E-state index contributed by atoms with van der Waals surface area (Å²) in [6.45, 7) is 0.481. The molecule has 0 bridgehead atoms. The minimum absolute atomic E-state index is 0. The summed E-state index contributed by atoms with van der Waals surface area (Å²) in [5.74, 6) is -0.238. The molecule has 3 N–H and O–H groups in total. The van der Waals surface area contributed by atoms with Crippen molar-refractivity contribution >= 4 is 18.2 Å². The molecule has 1 aromatic rings. The number of nitrogens with one attached hydrogen (secondary N) is 1. The standard InChI is InChI=1S/C10H13FN2O.ClH/c11-9-4-2-1-3-8(9)5-6-14-7-10(12)13;/h1-4H,5-7H2,(H3,12,13);1H. The van der Waals surface area contributed by atoms with Crippen LogP contribution in [-0.4, -0.2) is 19.0 Å². The van der Waals surface area contributed by atoms with E-state index in [4.69, 9.17) is 15.9 Å². The minimum Gasteiger partial charge on any atom is -0.386 e. The van der Waals surface area contributed by atoms with Gasteiger partial charge in [-0.25, -0.2) is 4.39 Å². The first-order chi connectivity index (χ1) is 6.70. The van der Waals surface area contributed by atoms with Gasteiger partial charge in [-0.3, -0.25) is 5.41 Å². The van der Waals surface area contributed by atoms with Crippen molar-refractivity contribution in [3.05, 3.63) is 35.6 Å². The molecule has 0 aromatic heterocycles. The predicted octanol–water partition coefficient (Wildman–Crippen LogP) is 1.74. The van der Waals surface area contributed by atoms with Gasteiger partial charge in [-0.05, 0) is 18.1 Å². The van der Waals surface area contributed by atoms with Gasteiger partial charge in [0.25, 0.3) is 0 Å². The molecule has 0 aliphatic carbocycles. The maximum atomic E-state index is 13.1. The van der Waals surface area contributed by atoms with Gasteiger partial charge in [0.05, 0.1) is 6.61 Å². The van der Waals surface area contributed by atoms with E-state index in [1.165, 1.54) is 6.07 Å². The number of ether oxygens (including phenoxy) is 1. The highest BCUT2D eigenvalue weighted by Crippen LogP contribution is 2.06. The van der Waals surface area contributed by atoms with E-state index < -0.39 is 0 Å². The van der Waals surface area contributed by atoms with E-state index in [9.17, 15) is 4.39 Å². The fourth-order valence-electron chi connectivity index (χ4n) is 1.07. The van der Waals surface area contributed by atoms with Gasteiger partial charge in [0, 0.05) is 0 Å². The lowest BCUT2D eigenvalue weighted by atomic mass is 10.1. The Kier molecular flexibility index (Phi) is 6.66. The Labute approximate surface area is 94.3 Å². The normalized spacial score (nSPS) is 9.40. The highest BCUT2D eigenvalue weighted by atomic mass is 35.5. The van der Waals surface area contributed by atoms with E-state index in [1.54, 1.807) is 18.2 Å². The molecule has 0 saturated heterocycles. The lowest BCUT2D eigenvalue weighted by Crippen LogP contribution is -2.18. The van der Waals surface area contributed by atoms with Gasteiger partial charge >= 0.3 is 0 Å². The summed E-state index contributed by atoms with van der Waals surface area (Å²) in [6.07, 6.45) is 0.500. The van der Waals surface area contributed by atoms with Crippen LogP contribution in [0.5, 0.6) is 0 Å². The van der Waals surface area contributed by atoms with Crippen molar-refractivity contribution in [1.82, 2.24) is 0 Å². The quantitative estimate of drug-likeness (QED) is 0.462. The summed E-state index contributed by atoms with van der Waals surface area (Å²) in [4.78, 5) is 0. The van der Waals surface area contributed by atoms with Gasteiger partial charge in [0.1, 0.15) is 18.3 Å². The Balaban J connectivity index is 0.00000196. The fraction of sp³-hybridized carbons (Fsp3) is 0.300. The van der Waals surface area contributed by atoms with Crippen LogP contribution in [0, 0.1) is 11.2 Å². The van der Waals surface area contributed by atoms with Crippen LogP contribution in [0.15, 0.2) is 24.3 Å². The van der Waals surface area contributed by atoms with Crippen LogP contribution in [-0.2, 0) is 11.2 Å². The van der Waals surface area contributed by atoms with Crippen LogP contribution in [0.2, 0.25) is 0 Å². The number of halogens is 2. The van der Waals surface area contributed by atoms with Crippen molar-refractivity contribution in [2.24, 2.45) is 5.73 Å². The molecule has 0 spiro atoms. The zero-order chi connectivity index (χ0) is 10.4. The van der Waals surface area contributed by atoms with Crippen LogP contribution >= 0.6 is 12.4 Å². The predicted molar refractivity (Wildman–Crippen MR) is 60.1 cm³/mol. The molecule has 15 heavy (non-hydrogen) atoms. The van der Waals surface area contributed by atoms with E-state index in [-0.39, 0.29) is 30.7 Å². The fourth-order valence-corrected chi connectivity index (χ4v) is 1.07. The lowest BCUT2D eigenvalue weighted by Gasteiger charge is -2.03. The molecular weight excluding hydrogens is 219 g/mol. The molecule has 1 rings (SSSR count). The van der Waals surface area contributed by atoms with E-state index in [0.717, 1.165) is 0 Å². The molecule has 84 valence electrons.